The summed E-state index contributed by atoms with van der Waals surface area (Å²) < 4.78 is 0. The van der Waals surface area contributed by atoms with Crippen LogP contribution in [0.2, 0.25) is 0 Å². The molecule has 2 rings (SSSR count). The van der Waals surface area contributed by atoms with Gasteiger partial charge in [0.2, 0.25) is 5.91 Å². The summed E-state index contributed by atoms with van der Waals surface area (Å²) in [6, 6.07) is 10.5. The largest absolute Gasteiger partial charge is 0.480 e. The molecular weight excluding hydrogens is 352 g/mol. The summed E-state index contributed by atoms with van der Waals surface area (Å²) in [5.41, 5.74) is -0.583. The van der Waals surface area contributed by atoms with Gasteiger partial charge in [-0.25, -0.2) is 4.79 Å². The Hall–Kier alpha value is -2.67. The fraction of sp³-hybridized carbons (Fsp3) is 0.316. The van der Waals surface area contributed by atoms with E-state index in [2.05, 4.69) is 10.6 Å². The maximum atomic E-state index is 12.2. The molecule has 1 aromatic carbocycles. The molecule has 0 radical (unpaired) electrons. The normalized spacial score (nSPS) is 11.0. The van der Waals surface area contributed by atoms with Crippen molar-refractivity contribution in [3.8, 4) is 0 Å². The second kappa shape index (κ2) is 8.62. The van der Waals surface area contributed by atoms with Crippen LogP contribution in [0.5, 0.6) is 0 Å². The first-order chi connectivity index (χ1) is 12.3. The molecule has 1 heterocycles. The number of carboxylic acids is 1. The van der Waals surface area contributed by atoms with E-state index in [1.54, 1.807) is 29.5 Å². The van der Waals surface area contributed by atoms with Crippen LogP contribution in [0.4, 0.5) is 5.69 Å². The first kappa shape index (κ1) is 19.7. The van der Waals surface area contributed by atoms with E-state index in [9.17, 15) is 14.4 Å². The number of carboxylic acid groups (broad SMARTS) is 1. The Morgan fingerprint density at radius 1 is 1.15 bits per heavy atom. The van der Waals surface area contributed by atoms with Gasteiger partial charge in [0.15, 0.2) is 0 Å². The third kappa shape index (κ3) is 5.70. The quantitative estimate of drug-likeness (QED) is 0.661. The predicted octanol–water partition coefficient (Wildman–Crippen LogP) is 3.30. The zero-order chi connectivity index (χ0) is 19.2. The molecule has 0 atom stereocenters. The molecule has 2 amide bonds. The van der Waals surface area contributed by atoms with Crippen molar-refractivity contribution in [1.29, 1.82) is 0 Å². The summed E-state index contributed by atoms with van der Waals surface area (Å²) in [7, 11) is 0. The second-order valence-corrected chi connectivity index (χ2v) is 7.48. The molecule has 6 nitrogen and oxygen atoms in total. The van der Waals surface area contributed by atoms with Crippen molar-refractivity contribution in [1.82, 2.24) is 5.32 Å². The van der Waals surface area contributed by atoms with E-state index in [0.29, 0.717) is 12.1 Å². The lowest BCUT2D eigenvalue weighted by atomic mass is 10.0. The standard InChI is InChI=1S/C19H22N2O4S/c1-19(2,18(24)25)21-17(23)13-6-3-7-14(12-13)20-16(22)10-4-8-15-9-5-11-26-15/h3,5-7,9,11-12H,4,8,10H2,1-2H3,(H,20,22)(H,21,23)(H,24,25). The highest BCUT2D eigenvalue weighted by Crippen LogP contribution is 2.15. The Bertz CT molecular complexity index is 785. The number of nitrogens with one attached hydrogen (secondary N) is 2. The third-order valence-corrected chi connectivity index (χ3v) is 4.71. The Morgan fingerprint density at radius 2 is 1.92 bits per heavy atom. The number of carbonyl (C=O) groups excluding carboxylic acids is 2. The average molecular weight is 374 g/mol. The highest BCUT2D eigenvalue weighted by atomic mass is 32.1. The number of hydrogen-bond donors (Lipinski definition) is 3. The van der Waals surface area contributed by atoms with Gasteiger partial charge in [0.05, 0.1) is 0 Å². The maximum absolute atomic E-state index is 12.2. The summed E-state index contributed by atoms with van der Waals surface area (Å²) in [5.74, 6) is -1.75. The van der Waals surface area contributed by atoms with Crippen molar-refractivity contribution in [3.05, 3.63) is 52.2 Å². The lowest BCUT2D eigenvalue weighted by molar-refractivity contribution is -0.143. The number of thiophene rings is 1. The summed E-state index contributed by atoms with van der Waals surface area (Å²) in [5, 5.41) is 16.3. The van der Waals surface area contributed by atoms with Crippen molar-refractivity contribution < 1.29 is 19.5 Å². The predicted molar refractivity (Wildman–Crippen MR) is 102 cm³/mol. The SMILES string of the molecule is CC(C)(NC(=O)c1cccc(NC(=O)CCCc2cccs2)c1)C(=O)O. The van der Waals surface area contributed by atoms with Crippen molar-refractivity contribution >= 4 is 34.8 Å². The van der Waals surface area contributed by atoms with E-state index in [4.69, 9.17) is 5.11 Å². The minimum Gasteiger partial charge on any atom is -0.480 e. The van der Waals surface area contributed by atoms with E-state index < -0.39 is 17.4 Å². The van der Waals surface area contributed by atoms with Crippen LogP contribution in [-0.4, -0.2) is 28.4 Å². The number of benzene rings is 1. The number of rotatable bonds is 8. The molecule has 0 unspecified atom stereocenters. The molecule has 0 aliphatic carbocycles. The van der Waals surface area contributed by atoms with Gasteiger partial charge in [0.25, 0.3) is 5.91 Å². The van der Waals surface area contributed by atoms with Gasteiger partial charge < -0.3 is 15.7 Å². The van der Waals surface area contributed by atoms with Crippen molar-refractivity contribution in [2.24, 2.45) is 0 Å². The fourth-order valence-electron chi connectivity index (χ4n) is 2.25. The lowest BCUT2D eigenvalue weighted by Crippen LogP contribution is -2.49. The zero-order valence-electron chi connectivity index (χ0n) is 14.7. The van der Waals surface area contributed by atoms with Gasteiger partial charge in [-0.15, -0.1) is 11.3 Å². The van der Waals surface area contributed by atoms with Gasteiger partial charge in [0.1, 0.15) is 5.54 Å². The molecule has 0 aliphatic rings. The van der Waals surface area contributed by atoms with Gasteiger partial charge >= 0.3 is 5.97 Å². The Kier molecular flexibility index (Phi) is 6.52. The van der Waals surface area contributed by atoms with E-state index in [-0.39, 0.29) is 11.5 Å². The lowest BCUT2D eigenvalue weighted by Gasteiger charge is -2.21. The number of amides is 2. The van der Waals surface area contributed by atoms with Crippen LogP contribution in [0.15, 0.2) is 41.8 Å². The number of hydrogen-bond acceptors (Lipinski definition) is 4. The fourth-order valence-corrected chi connectivity index (χ4v) is 3.00. The van der Waals surface area contributed by atoms with Crippen LogP contribution in [0.1, 0.15) is 41.9 Å². The Labute approximate surface area is 156 Å². The van der Waals surface area contributed by atoms with Gasteiger partial charge in [0, 0.05) is 22.5 Å². The molecule has 138 valence electrons. The Morgan fingerprint density at radius 3 is 2.58 bits per heavy atom. The minimum atomic E-state index is -1.38. The molecule has 0 fully saturated rings. The van der Waals surface area contributed by atoms with Gasteiger partial charge in [-0.3, -0.25) is 9.59 Å². The zero-order valence-corrected chi connectivity index (χ0v) is 15.6. The third-order valence-electron chi connectivity index (χ3n) is 3.78. The molecule has 2 aromatic rings. The molecule has 26 heavy (non-hydrogen) atoms. The summed E-state index contributed by atoms with van der Waals surface area (Å²) >= 11 is 1.67. The molecule has 0 aliphatic heterocycles. The number of aryl methyl sites for hydroxylation is 1. The first-order valence-corrected chi connectivity index (χ1v) is 9.14. The van der Waals surface area contributed by atoms with Crippen LogP contribution >= 0.6 is 11.3 Å². The van der Waals surface area contributed by atoms with Crippen LogP contribution < -0.4 is 10.6 Å². The number of carbonyl (C=O) groups is 3. The van der Waals surface area contributed by atoms with Gasteiger partial charge in [-0.1, -0.05) is 12.1 Å². The molecule has 3 N–H and O–H groups in total. The van der Waals surface area contributed by atoms with Gasteiger partial charge in [-0.05, 0) is 56.3 Å². The number of anilines is 1. The smallest absolute Gasteiger partial charge is 0.328 e. The average Bonchev–Trinajstić information content (AvgIpc) is 3.08. The maximum Gasteiger partial charge on any atom is 0.328 e. The van der Waals surface area contributed by atoms with Crippen molar-refractivity contribution in [3.63, 3.8) is 0 Å². The first-order valence-electron chi connectivity index (χ1n) is 8.26. The van der Waals surface area contributed by atoms with E-state index in [0.717, 1.165) is 12.8 Å². The Balaban J connectivity index is 1.90. The summed E-state index contributed by atoms with van der Waals surface area (Å²) in [6.07, 6.45) is 2.00. The van der Waals surface area contributed by atoms with Crippen LogP contribution in [-0.2, 0) is 16.0 Å². The summed E-state index contributed by atoms with van der Waals surface area (Å²) in [4.78, 5) is 36.6. The van der Waals surface area contributed by atoms with Crippen LogP contribution in [0.25, 0.3) is 0 Å². The molecule has 0 bridgehead atoms. The minimum absolute atomic E-state index is 0.120. The van der Waals surface area contributed by atoms with Crippen molar-refractivity contribution in [2.45, 2.75) is 38.6 Å². The highest BCUT2D eigenvalue weighted by Gasteiger charge is 2.29. The number of aliphatic carboxylic acids is 1. The van der Waals surface area contributed by atoms with E-state index in [1.807, 2.05) is 17.5 Å². The molecular formula is C19H22N2O4S. The highest BCUT2D eigenvalue weighted by molar-refractivity contribution is 7.09. The van der Waals surface area contributed by atoms with E-state index >= 15 is 0 Å². The van der Waals surface area contributed by atoms with Gasteiger partial charge in [-0.2, -0.15) is 0 Å². The monoisotopic (exact) mass is 374 g/mol. The molecule has 0 saturated heterocycles. The van der Waals surface area contributed by atoms with Crippen LogP contribution in [0, 0.1) is 0 Å². The molecule has 0 spiro atoms. The van der Waals surface area contributed by atoms with Crippen molar-refractivity contribution in [2.75, 3.05) is 5.32 Å². The molecule has 7 heteroatoms. The van der Waals surface area contributed by atoms with Crippen LogP contribution in [0.3, 0.4) is 0 Å². The molecule has 1 aromatic heterocycles. The second-order valence-electron chi connectivity index (χ2n) is 6.45. The van der Waals surface area contributed by atoms with E-state index in [1.165, 1.54) is 24.8 Å². The topological polar surface area (TPSA) is 95.5 Å². The summed E-state index contributed by atoms with van der Waals surface area (Å²) in [6.45, 7) is 2.82. The molecule has 0 saturated carbocycles.